The van der Waals surface area contributed by atoms with E-state index < -0.39 is 0 Å². The van der Waals surface area contributed by atoms with E-state index in [2.05, 4.69) is 35.5 Å². The number of aromatic amines is 2. The van der Waals surface area contributed by atoms with Crippen LogP contribution in [-0.2, 0) is 4.79 Å². The maximum Gasteiger partial charge on any atom is 0.224 e. The Hall–Kier alpha value is -4.99. The summed E-state index contributed by atoms with van der Waals surface area (Å²) in [6.45, 7) is 0. The van der Waals surface area contributed by atoms with Crippen LogP contribution in [0.4, 0.5) is 10.1 Å². The second kappa shape index (κ2) is 10.5. The average molecular weight is 547 g/mol. The Kier molecular flexibility index (Phi) is 6.42. The number of carbonyl (C=O) groups excluding carboxylic acids is 1. The van der Waals surface area contributed by atoms with Gasteiger partial charge in [0.25, 0.3) is 0 Å². The van der Waals surface area contributed by atoms with E-state index in [1.54, 1.807) is 37.1 Å². The van der Waals surface area contributed by atoms with Gasteiger partial charge in [-0.1, -0.05) is 31.4 Å². The Morgan fingerprint density at radius 1 is 0.951 bits per heavy atom. The van der Waals surface area contributed by atoms with E-state index in [1.165, 1.54) is 31.4 Å². The molecule has 1 saturated carbocycles. The topological polar surface area (TPSA) is 125 Å². The van der Waals surface area contributed by atoms with Crippen LogP contribution in [0.1, 0.15) is 38.5 Å². The minimum absolute atomic E-state index is 0.0216. The third-order valence-corrected chi connectivity index (χ3v) is 7.72. The number of hydrogen-bond acceptors (Lipinski definition) is 6. The Labute approximate surface area is 234 Å². The molecule has 41 heavy (non-hydrogen) atoms. The van der Waals surface area contributed by atoms with Crippen molar-refractivity contribution in [2.45, 2.75) is 38.5 Å². The highest BCUT2D eigenvalue weighted by Gasteiger charge is 2.19. The standard InChI is InChI=1S/C31H27FN8O/c32-21-8-4-7-19(10-21)24-15-34-16-27-29(24)38-31(37-27)30-23-12-25(35-17-26(23)39-40-30)20-11-22(14-33-13-20)36-28(41)9-18-5-2-1-3-6-18/h4,7-8,10-18H,1-3,5-6,9H2,(H,36,41)(H,37,38)(H,39,40). The molecule has 0 unspecified atom stereocenters. The van der Waals surface area contributed by atoms with Gasteiger partial charge in [-0.05, 0) is 48.6 Å². The molecule has 0 saturated heterocycles. The van der Waals surface area contributed by atoms with Gasteiger partial charge < -0.3 is 10.3 Å². The van der Waals surface area contributed by atoms with Crippen molar-refractivity contribution in [3.05, 3.63) is 73.2 Å². The number of amides is 1. The Bertz CT molecular complexity index is 1890. The van der Waals surface area contributed by atoms with Crippen LogP contribution >= 0.6 is 0 Å². The van der Waals surface area contributed by atoms with Gasteiger partial charge >= 0.3 is 0 Å². The van der Waals surface area contributed by atoms with Gasteiger partial charge in [0, 0.05) is 35.3 Å². The van der Waals surface area contributed by atoms with Crippen molar-refractivity contribution >= 4 is 33.5 Å². The lowest BCUT2D eigenvalue weighted by molar-refractivity contribution is -0.117. The summed E-state index contributed by atoms with van der Waals surface area (Å²) in [5.41, 5.74) is 6.28. The molecular weight excluding hydrogens is 519 g/mol. The van der Waals surface area contributed by atoms with E-state index in [9.17, 15) is 9.18 Å². The van der Waals surface area contributed by atoms with Crippen LogP contribution in [0, 0.1) is 11.7 Å². The summed E-state index contributed by atoms with van der Waals surface area (Å²) in [5, 5.41) is 11.4. The molecule has 1 aliphatic rings. The molecule has 1 aliphatic carbocycles. The van der Waals surface area contributed by atoms with Gasteiger partial charge in [-0.2, -0.15) is 5.10 Å². The first-order valence-electron chi connectivity index (χ1n) is 13.8. The number of fused-ring (bicyclic) bond motifs is 2. The number of imidazole rings is 1. The minimum atomic E-state index is -0.323. The molecule has 1 amide bonds. The van der Waals surface area contributed by atoms with Crippen molar-refractivity contribution in [1.82, 2.24) is 35.1 Å². The van der Waals surface area contributed by atoms with Crippen LogP contribution in [-0.4, -0.2) is 41.0 Å². The fourth-order valence-corrected chi connectivity index (χ4v) is 5.68. The van der Waals surface area contributed by atoms with E-state index in [-0.39, 0.29) is 11.7 Å². The summed E-state index contributed by atoms with van der Waals surface area (Å²) >= 11 is 0. The second-order valence-corrected chi connectivity index (χ2v) is 10.6. The highest BCUT2D eigenvalue weighted by Crippen LogP contribution is 2.33. The number of carbonyl (C=O) groups is 1. The van der Waals surface area contributed by atoms with Gasteiger partial charge in [0.2, 0.25) is 5.91 Å². The molecular formula is C31H27FN8O. The first-order valence-corrected chi connectivity index (χ1v) is 13.8. The van der Waals surface area contributed by atoms with Gasteiger partial charge in [-0.15, -0.1) is 0 Å². The van der Waals surface area contributed by atoms with E-state index >= 15 is 0 Å². The molecule has 0 atom stereocenters. The predicted octanol–water partition coefficient (Wildman–Crippen LogP) is 6.67. The Morgan fingerprint density at radius 2 is 1.83 bits per heavy atom. The van der Waals surface area contributed by atoms with Crippen LogP contribution in [0.2, 0.25) is 0 Å². The molecule has 0 aliphatic heterocycles. The zero-order chi connectivity index (χ0) is 27.8. The highest BCUT2D eigenvalue weighted by atomic mass is 19.1. The lowest BCUT2D eigenvalue weighted by Crippen LogP contribution is -2.18. The van der Waals surface area contributed by atoms with Crippen LogP contribution < -0.4 is 5.32 Å². The molecule has 6 aromatic rings. The fourth-order valence-electron chi connectivity index (χ4n) is 5.68. The van der Waals surface area contributed by atoms with Crippen LogP contribution in [0.5, 0.6) is 0 Å². The number of nitrogens with zero attached hydrogens (tertiary/aromatic N) is 5. The highest BCUT2D eigenvalue weighted by molar-refractivity contribution is 5.97. The summed E-state index contributed by atoms with van der Waals surface area (Å²) < 4.78 is 13.9. The van der Waals surface area contributed by atoms with Crippen LogP contribution in [0.25, 0.3) is 55.8 Å². The molecule has 1 aromatic carbocycles. The third kappa shape index (κ3) is 5.04. The van der Waals surface area contributed by atoms with Crippen LogP contribution in [0.3, 0.4) is 0 Å². The number of rotatable bonds is 6. The quantitative estimate of drug-likeness (QED) is 0.214. The largest absolute Gasteiger partial charge is 0.335 e. The second-order valence-electron chi connectivity index (χ2n) is 10.6. The third-order valence-electron chi connectivity index (χ3n) is 7.72. The lowest BCUT2D eigenvalue weighted by atomic mass is 9.87. The molecule has 10 heteroatoms. The van der Waals surface area contributed by atoms with Gasteiger partial charge in [-0.3, -0.25) is 24.8 Å². The van der Waals surface area contributed by atoms with E-state index in [0.29, 0.717) is 51.8 Å². The summed E-state index contributed by atoms with van der Waals surface area (Å²) in [4.78, 5) is 34.1. The van der Waals surface area contributed by atoms with Gasteiger partial charge in [0.15, 0.2) is 5.82 Å². The van der Waals surface area contributed by atoms with Crippen molar-refractivity contribution in [3.63, 3.8) is 0 Å². The molecule has 0 spiro atoms. The van der Waals surface area contributed by atoms with Crippen molar-refractivity contribution < 1.29 is 9.18 Å². The molecule has 0 radical (unpaired) electrons. The smallest absolute Gasteiger partial charge is 0.224 e. The number of H-pyrrole nitrogens is 2. The van der Waals surface area contributed by atoms with Gasteiger partial charge in [-0.25, -0.2) is 9.37 Å². The SMILES string of the molecule is O=C(CC1CCCCC1)Nc1cncc(-c2cc3c(-c4nc5c(-c6cccc(F)c6)cncc5[nH]4)n[nH]c3cn2)c1. The monoisotopic (exact) mass is 546 g/mol. The predicted molar refractivity (Wildman–Crippen MR) is 155 cm³/mol. The van der Waals surface area contributed by atoms with Gasteiger partial charge in [0.1, 0.15) is 11.5 Å². The number of halogens is 1. The number of pyridine rings is 3. The number of anilines is 1. The number of nitrogens with one attached hydrogen (secondary N) is 3. The summed E-state index contributed by atoms with van der Waals surface area (Å²) in [6, 6.07) is 10.2. The zero-order valence-electron chi connectivity index (χ0n) is 22.2. The zero-order valence-corrected chi connectivity index (χ0v) is 22.2. The number of benzene rings is 1. The molecule has 1 fully saturated rings. The van der Waals surface area contributed by atoms with E-state index in [0.717, 1.165) is 34.9 Å². The molecule has 0 bridgehead atoms. The fraction of sp³-hybridized carbons (Fsp3) is 0.226. The van der Waals surface area contributed by atoms with Crippen molar-refractivity contribution in [1.29, 1.82) is 0 Å². The molecule has 7 rings (SSSR count). The minimum Gasteiger partial charge on any atom is -0.335 e. The molecule has 3 N–H and O–H groups in total. The molecule has 204 valence electrons. The van der Waals surface area contributed by atoms with Crippen molar-refractivity contribution in [3.8, 4) is 33.9 Å². The first kappa shape index (κ1) is 25.0. The normalized spacial score (nSPS) is 14.1. The molecule has 5 heterocycles. The van der Waals surface area contributed by atoms with E-state index in [4.69, 9.17) is 4.98 Å². The number of hydrogen-bond donors (Lipinski definition) is 3. The maximum atomic E-state index is 13.9. The lowest BCUT2D eigenvalue weighted by Gasteiger charge is -2.20. The van der Waals surface area contributed by atoms with E-state index in [1.807, 2.05) is 18.2 Å². The Balaban J connectivity index is 1.19. The molecule has 9 nitrogen and oxygen atoms in total. The summed E-state index contributed by atoms with van der Waals surface area (Å²) in [7, 11) is 0. The number of aromatic nitrogens is 7. The van der Waals surface area contributed by atoms with Crippen molar-refractivity contribution in [2.75, 3.05) is 5.32 Å². The Morgan fingerprint density at radius 3 is 2.71 bits per heavy atom. The maximum absolute atomic E-state index is 13.9. The van der Waals surface area contributed by atoms with Gasteiger partial charge in [0.05, 0.1) is 46.5 Å². The molecule has 5 aromatic heterocycles. The first-order chi connectivity index (χ1) is 20.1. The average Bonchev–Trinajstić information content (AvgIpc) is 3.61. The summed E-state index contributed by atoms with van der Waals surface area (Å²) in [6.07, 6.45) is 14.9. The van der Waals surface area contributed by atoms with Crippen LogP contribution in [0.15, 0.2) is 67.4 Å². The summed E-state index contributed by atoms with van der Waals surface area (Å²) in [5.74, 6) is 0.711. The van der Waals surface area contributed by atoms with Crippen molar-refractivity contribution in [2.24, 2.45) is 5.92 Å².